The fourth-order valence-corrected chi connectivity index (χ4v) is 5.17. The Morgan fingerprint density at radius 3 is 2.67 bits per heavy atom. The zero-order valence-corrected chi connectivity index (χ0v) is 13.1. The molecule has 3 rings (SSSR count). The zero-order valence-electron chi connectivity index (χ0n) is 11.5. The Balaban J connectivity index is 1.75. The van der Waals surface area contributed by atoms with Gasteiger partial charge in [0.1, 0.15) is 4.21 Å². The van der Waals surface area contributed by atoms with E-state index in [-0.39, 0.29) is 16.9 Å². The van der Waals surface area contributed by atoms with E-state index in [1.54, 1.807) is 12.1 Å². The maximum Gasteiger partial charge on any atom is 0.250 e. The Bertz CT molecular complexity index is 737. The molecule has 6 heteroatoms. The molecule has 1 aromatic heterocycles. The van der Waals surface area contributed by atoms with E-state index >= 15 is 0 Å². The molecule has 0 radical (unpaired) electrons. The highest BCUT2D eigenvalue weighted by Crippen LogP contribution is 2.25. The minimum absolute atomic E-state index is 0.0652. The fraction of sp³-hybridized carbons (Fsp3) is 0.333. The molecule has 0 fully saturated rings. The molecule has 1 aliphatic carbocycles. The van der Waals surface area contributed by atoms with Crippen LogP contribution in [0.5, 0.6) is 0 Å². The highest BCUT2D eigenvalue weighted by molar-refractivity contribution is 7.91. The van der Waals surface area contributed by atoms with E-state index in [1.807, 2.05) is 12.1 Å². The molecule has 112 valence electrons. The Hall–Kier alpha value is -1.21. The van der Waals surface area contributed by atoms with Crippen LogP contribution in [-0.4, -0.2) is 19.6 Å². The normalized spacial score (nSPS) is 18.4. The third-order valence-corrected chi connectivity index (χ3v) is 6.81. The predicted octanol–water partition coefficient (Wildman–Crippen LogP) is 2.08. The molecular formula is C15H17NO3S2. The second kappa shape index (κ2) is 5.88. The van der Waals surface area contributed by atoms with Crippen LogP contribution in [-0.2, 0) is 29.5 Å². The standard InChI is InChI=1S/C15H17NO3S2/c17-10-14-7-8-15(20-14)21(18,19)16-13-6-5-11-3-1-2-4-12(11)9-13/h1-4,7-8,13,16-17H,5-6,9-10H2. The number of fused-ring (bicyclic) bond motifs is 1. The first-order chi connectivity index (χ1) is 10.1. The number of benzene rings is 1. The molecule has 0 spiro atoms. The van der Waals surface area contributed by atoms with Gasteiger partial charge in [0.05, 0.1) is 6.61 Å². The second-order valence-corrected chi connectivity index (χ2v) is 8.32. The summed E-state index contributed by atoms with van der Waals surface area (Å²) < 4.78 is 27.8. The van der Waals surface area contributed by atoms with Crippen molar-refractivity contribution in [1.82, 2.24) is 4.72 Å². The highest BCUT2D eigenvalue weighted by atomic mass is 32.2. The van der Waals surface area contributed by atoms with E-state index in [0.29, 0.717) is 4.88 Å². The quantitative estimate of drug-likeness (QED) is 0.905. The van der Waals surface area contributed by atoms with Gasteiger partial charge in [0, 0.05) is 10.9 Å². The fourth-order valence-electron chi connectivity index (χ4n) is 2.66. The summed E-state index contributed by atoms with van der Waals surface area (Å²) in [6, 6.07) is 11.3. The monoisotopic (exact) mass is 323 g/mol. The molecule has 21 heavy (non-hydrogen) atoms. The minimum Gasteiger partial charge on any atom is -0.391 e. The van der Waals surface area contributed by atoms with Gasteiger partial charge in [0.25, 0.3) is 0 Å². The van der Waals surface area contributed by atoms with Crippen LogP contribution in [0.3, 0.4) is 0 Å². The van der Waals surface area contributed by atoms with Crippen molar-refractivity contribution >= 4 is 21.4 Å². The Kier molecular flexibility index (Phi) is 4.12. The third kappa shape index (κ3) is 3.18. The molecule has 4 nitrogen and oxygen atoms in total. The lowest BCUT2D eigenvalue weighted by atomic mass is 9.89. The van der Waals surface area contributed by atoms with E-state index in [1.165, 1.54) is 11.1 Å². The third-order valence-electron chi connectivity index (χ3n) is 3.73. The number of sulfonamides is 1. The maximum atomic E-state index is 12.4. The minimum atomic E-state index is -3.49. The number of hydrogen-bond donors (Lipinski definition) is 2. The van der Waals surface area contributed by atoms with Gasteiger partial charge < -0.3 is 5.11 Å². The van der Waals surface area contributed by atoms with Gasteiger partial charge in [-0.2, -0.15) is 0 Å². The molecule has 0 aliphatic heterocycles. The molecule has 1 aliphatic rings. The van der Waals surface area contributed by atoms with Crippen LogP contribution in [0.1, 0.15) is 22.4 Å². The predicted molar refractivity (Wildman–Crippen MR) is 82.8 cm³/mol. The van der Waals surface area contributed by atoms with Crippen LogP contribution in [0.4, 0.5) is 0 Å². The summed E-state index contributed by atoms with van der Waals surface area (Å²) >= 11 is 1.11. The number of aryl methyl sites for hydroxylation is 1. The zero-order chi connectivity index (χ0) is 14.9. The molecule has 1 heterocycles. The summed E-state index contributed by atoms with van der Waals surface area (Å²) in [5, 5.41) is 9.04. The van der Waals surface area contributed by atoms with Gasteiger partial charge in [-0.25, -0.2) is 13.1 Å². The Morgan fingerprint density at radius 1 is 1.19 bits per heavy atom. The molecule has 2 N–H and O–H groups in total. The van der Waals surface area contributed by atoms with Crippen LogP contribution in [0.25, 0.3) is 0 Å². The Morgan fingerprint density at radius 2 is 1.95 bits per heavy atom. The first-order valence-electron chi connectivity index (χ1n) is 6.87. The molecule has 0 amide bonds. The smallest absolute Gasteiger partial charge is 0.250 e. The van der Waals surface area contributed by atoms with Gasteiger partial charge in [0.2, 0.25) is 10.0 Å². The van der Waals surface area contributed by atoms with Gasteiger partial charge in [-0.15, -0.1) is 11.3 Å². The molecule has 1 unspecified atom stereocenters. The lowest BCUT2D eigenvalue weighted by molar-refractivity contribution is 0.285. The van der Waals surface area contributed by atoms with Crippen LogP contribution in [0.2, 0.25) is 0 Å². The first-order valence-corrected chi connectivity index (χ1v) is 9.17. The lowest BCUT2D eigenvalue weighted by Gasteiger charge is -2.25. The molecule has 1 aromatic carbocycles. The highest BCUT2D eigenvalue weighted by Gasteiger charge is 2.25. The Labute approximate surface area is 128 Å². The number of aliphatic hydroxyl groups excluding tert-OH is 1. The van der Waals surface area contributed by atoms with Crippen LogP contribution in [0, 0.1) is 0 Å². The van der Waals surface area contributed by atoms with E-state index in [2.05, 4.69) is 16.9 Å². The summed E-state index contributed by atoms with van der Waals surface area (Å²) in [4.78, 5) is 0.657. The summed E-state index contributed by atoms with van der Waals surface area (Å²) in [7, 11) is -3.49. The molecule has 0 saturated carbocycles. The van der Waals surface area contributed by atoms with Crippen LogP contribution < -0.4 is 4.72 Å². The van der Waals surface area contributed by atoms with Crippen molar-refractivity contribution in [2.24, 2.45) is 0 Å². The van der Waals surface area contributed by atoms with Crippen LogP contribution in [0.15, 0.2) is 40.6 Å². The summed E-state index contributed by atoms with van der Waals surface area (Å²) in [5.74, 6) is 0. The van der Waals surface area contributed by atoms with E-state index in [9.17, 15) is 8.42 Å². The van der Waals surface area contributed by atoms with Crippen molar-refractivity contribution in [1.29, 1.82) is 0 Å². The second-order valence-electron chi connectivity index (χ2n) is 5.21. The average molecular weight is 323 g/mol. The van der Waals surface area contributed by atoms with Crippen molar-refractivity contribution in [3.63, 3.8) is 0 Å². The van der Waals surface area contributed by atoms with E-state index in [4.69, 9.17) is 5.11 Å². The molecule has 0 bridgehead atoms. The van der Waals surface area contributed by atoms with E-state index in [0.717, 1.165) is 30.6 Å². The number of hydrogen-bond acceptors (Lipinski definition) is 4. The van der Waals surface area contributed by atoms with Crippen molar-refractivity contribution < 1.29 is 13.5 Å². The summed E-state index contributed by atoms with van der Waals surface area (Å²) in [5.41, 5.74) is 2.53. The average Bonchev–Trinajstić information content (AvgIpc) is 2.96. The number of thiophene rings is 1. The number of rotatable bonds is 4. The van der Waals surface area contributed by atoms with Crippen LogP contribution >= 0.6 is 11.3 Å². The van der Waals surface area contributed by atoms with Gasteiger partial charge in [0.15, 0.2) is 0 Å². The van der Waals surface area contributed by atoms with Gasteiger partial charge in [-0.1, -0.05) is 24.3 Å². The van der Waals surface area contributed by atoms with Crippen molar-refractivity contribution in [2.45, 2.75) is 36.1 Å². The first kappa shape index (κ1) is 14.7. The van der Waals surface area contributed by atoms with Gasteiger partial charge in [-0.05, 0) is 42.5 Å². The van der Waals surface area contributed by atoms with Gasteiger partial charge in [-0.3, -0.25) is 0 Å². The molecule has 1 atom stereocenters. The van der Waals surface area contributed by atoms with Crippen molar-refractivity contribution in [3.05, 3.63) is 52.4 Å². The topological polar surface area (TPSA) is 66.4 Å². The SMILES string of the molecule is O=S(=O)(NC1CCc2ccccc2C1)c1ccc(CO)s1. The molecule has 2 aromatic rings. The lowest BCUT2D eigenvalue weighted by Crippen LogP contribution is -2.38. The van der Waals surface area contributed by atoms with Crippen molar-refractivity contribution in [2.75, 3.05) is 0 Å². The van der Waals surface area contributed by atoms with Gasteiger partial charge >= 0.3 is 0 Å². The van der Waals surface area contributed by atoms with Crippen molar-refractivity contribution in [3.8, 4) is 0 Å². The summed E-state index contributed by atoms with van der Waals surface area (Å²) in [6.07, 6.45) is 2.44. The maximum absolute atomic E-state index is 12.4. The largest absolute Gasteiger partial charge is 0.391 e. The number of nitrogens with one attached hydrogen (secondary N) is 1. The molecule has 0 saturated heterocycles. The number of aliphatic hydroxyl groups is 1. The summed E-state index contributed by atoms with van der Waals surface area (Å²) in [6.45, 7) is -0.128. The molecular weight excluding hydrogens is 306 g/mol. The van der Waals surface area contributed by atoms with E-state index < -0.39 is 10.0 Å².